The Bertz CT molecular complexity index is 748. The lowest BCUT2D eigenvalue weighted by atomic mass is 10.1. The molecule has 2 rings (SSSR count). The molecule has 0 atom stereocenters. The molecule has 0 unspecified atom stereocenters. The molecule has 0 saturated carbocycles. The molecule has 0 aliphatic carbocycles. The first-order chi connectivity index (χ1) is 10.5. The Kier molecular flexibility index (Phi) is 4.84. The van der Waals surface area contributed by atoms with Gasteiger partial charge in [-0.3, -0.25) is 14.9 Å². The first kappa shape index (κ1) is 15.6. The van der Waals surface area contributed by atoms with Gasteiger partial charge in [0.2, 0.25) is 0 Å². The minimum Gasteiger partial charge on any atom is -0.478 e. The molecule has 0 saturated heterocycles. The molecule has 0 aliphatic heterocycles. The highest BCUT2D eigenvalue weighted by Gasteiger charge is 2.16. The highest BCUT2D eigenvalue weighted by Crippen LogP contribution is 2.23. The van der Waals surface area contributed by atoms with E-state index in [-0.39, 0.29) is 27.8 Å². The third-order valence-electron chi connectivity index (χ3n) is 2.68. The minimum absolute atomic E-state index is 0.0536. The van der Waals surface area contributed by atoms with E-state index in [0.29, 0.717) is 17.3 Å². The standard InChI is InChI=1S/C14H10N2O5S/c17-12(8-9-3-1-4-10(7-9)16(20)21)22-13-11(14(18)19)5-2-6-15-13/h1-7H,8H2,(H,18,19). The summed E-state index contributed by atoms with van der Waals surface area (Å²) in [5.74, 6) is -1.17. The van der Waals surface area contributed by atoms with Gasteiger partial charge in [0.05, 0.1) is 10.5 Å². The van der Waals surface area contributed by atoms with E-state index in [2.05, 4.69) is 4.98 Å². The number of carboxylic acid groups (broad SMARTS) is 1. The molecule has 112 valence electrons. The van der Waals surface area contributed by atoms with Gasteiger partial charge in [-0.05, 0) is 29.5 Å². The van der Waals surface area contributed by atoms with Crippen molar-refractivity contribution in [1.82, 2.24) is 4.98 Å². The van der Waals surface area contributed by atoms with Gasteiger partial charge in [-0.2, -0.15) is 0 Å². The lowest BCUT2D eigenvalue weighted by Crippen LogP contribution is -2.04. The van der Waals surface area contributed by atoms with Crippen molar-refractivity contribution in [2.24, 2.45) is 0 Å². The molecular weight excluding hydrogens is 308 g/mol. The number of rotatable bonds is 5. The lowest BCUT2D eigenvalue weighted by molar-refractivity contribution is -0.384. The molecule has 22 heavy (non-hydrogen) atoms. The number of aromatic nitrogens is 1. The molecule has 1 N–H and O–H groups in total. The van der Waals surface area contributed by atoms with Crippen LogP contribution in [0.15, 0.2) is 47.6 Å². The molecule has 0 radical (unpaired) electrons. The Labute approximate surface area is 129 Å². The number of aromatic carboxylic acids is 1. The summed E-state index contributed by atoms with van der Waals surface area (Å²) in [5.41, 5.74) is 0.332. The molecule has 1 aromatic heterocycles. The van der Waals surface area contributed by atoms with Gasteiger partial charge in [-0.15, -0.1) is 0 Å². The van der Waals surface area contributed by atoms with Crippen LogP contribution in [-0.4, -0.2) is 26.1 Å². The van der Waals surface area contributed by atoms with Crippen molar-refractivity contribution in [2.75, 3.05) is 0 Å². The number of thioether (sulfide) groups is 1. The van der Waals surface area contributed by atoms with Gasteiger partial charge in [-0.25, -0.2) is 9.78 Å². The van der Waals surface area contributed by atoms with Crippen LogP contribution < -0.4 is 0 Å². The summed E-state index contributed by atoms with van der Waals surface area (Å²) in [7, 11) is 0. The molecule has 8 heteroatoms. The zero-order chi connectivity index (χ0) is 16.1. The number of carboxylic acids is 1. The summed E-state index contributed by atoms with van der Waals surface area (Å²) in [5, 5.41) is 19.5. The molecule has 0 fully saturated rings. The molecule has 0 amide bonds. The van der Waals surface area contributed by atoms with Gasteiger partial charge in [0.15, 0.2) is 5.12 Å². The first-order valence-corrected chi connectivity index (χ1v) is 6.91. The van der Waals surface area contributed by atoms with Crippen molar-refractivity contribution in [3.63, 3.8) is 0 Å². The predicted octanol–water partition coefficient (Wildman–Crippen LogP) is 2.55. The number of carbonyl (C=O) groups excluding carboxylic acids is 1. The molecule has 1 heterocycles. The highest BCUT2D eigenvalue weighted by atomic mass is 32.2. The van der Waals surface area contributed by atoms with Crippen LogP contribution in [0.1, 0.15) is 15.9 Å². The Morgan fingerprint density at radius 2 is 2.05 bits per heavy atom. The maximum Gasteiger partial charge on any atom is 0.338 e. The largest absolute Gasteiger partial charge is 0.478 e. The number of benzene rings is 1. The zero-order valence-corrected chi connectivity index (χ0v) is 11.9. The van der Waals surface area contributed by atoms with Gasteiger partial charge < -0.3 is 5.11 Å². The van der Waals surface area contributed by atoms with E-state index in [9.17, 15) is 19.7 Å². The summed E-state index contributed by atoms with van der Waals surface area (Å²) < 4.78 is 0. The number of carbonyl (C=O) groups is 2. The van der Waals surface area contributed by atoms with Crippen LogP contribution in [0.4, 0.5) is 5.69 Å². The second kappa shape index (κ2) is 6.81. The Balaban J connectivity index is 2.12. The maximum atomic E-state index is 12.0. The SMILES string of the molecule is O=C(Cc1cccc([N+](=O)[O-])c1)Sc1ncccc1C(=O)O. The van der Waals surface area contributed by atoms with Crippen molar-refractivity contribution in [2.45, 2.75) is 11.4 Å². The smallest absolute Gasteiger partial charge is 0.338 e. The van der Waals surface area contributed by atoms with E-state index in [0.717, 1.165) is 0 Å². The minimum atomic E-state index is -1.17. The normalized spacial score (nSPS) is 10.2. The van der Waals surface area contributed by atoms with Gasteiger partial charge in [-0.1, -0.05) is 12.1 Å². The van der Waals surface area contributed by atoms with Gasteiger partial charge >= 0.3 is 5.97 Å². The van der Waals surface area contributed by atoms with Crippen LogP contribution in [0, 0.1) is 10.1 Å². The number of hydrogen-bond acceptors (Lipinski definition) is 6. The molecular formula is C14H10N2O5S. The Morgan fingerprint density at radius 1 is 1.27 bits per heavy atom. The fourth-order valence-electron chi connectivity index (χ4n) is 1.73. The molecule has 0 spiro atoms. The van der Waals surface area contributed by atoms with Crippen LogP contribution in [0.2, 0.25) is 0 Å². The van der Waals surface area contributed by atoms with Crippen LogP contribution in [0.3, 0.4) is 0 Å². The predicted molar refractivity (Wildman–Crippen MR) is 78.9 cm³/mol. The maximum absolute atomic E-state index is 12.0. The first-order valence-electron chi connectivity index (χ1n) is 6.09. The number of hydrogen-bond donors (Lipinski definition) is 1. The van der Waals surface area contributed by atoms with Crippen molar-refractivity contribution in [1.29, 1.82) is 0 Å². The highest BCUT2D eigenvalue weighted by molar-refractivity contribution is 8.13. The van der Waals surface area contributed by atoms with E-state index in [1.165, 1.54) is 36.5 Å². The summed E-state index contributed by atoms with van der Waals surface area (Å²) in [6, 6.07) is 8.57. The van der Waals surface area contributed by atoms with Gasteiger partial charge in [0.25, 0.3) is 5.69 Å². The molecule has 0 bridgehead atoms. The fourth-order valence-corrected chi connectivity index (χ4v) is 2.56. The third kappa shape index (κ3) is 3.89. The van der Waals surface area contributed by atoms with E-state index in [1.807, 2.05) is 0 Å². The van der Waals surface area contributed by atoms with Crippen LogP contribution in [0.25, 0.3) is 0 Å². The molecule has 1 aromatic carbocycles. The van der Waals surface area contributed by atoms with Crippen LogP contribution in [0.5, 0.6) is 0 Å². The number of nitro benzene ring substituents is 1. The van der Waals surface area contributed by atoms with E-state index in [1.54, 1.807) is 6.07 Å². The average molecular weight is 318 g/mol. The molecule has 2 aromatic rings. The van der Waals surface area contributed by atoms with Crippen molar-refractivity contribution < 1.29 is 19.6 Å². The fraction of sp³-hybridized carbons (Fsp3) is 0.0714. The second-order valence-electron chi connectivity index (χ2n) is 4.24. The summed E-state index contributed by atoms with van der Waals surface area (Å²) >= 11 is 0.707. The van der Waals surface area contributed by atoms with E-state index in [4.69, 9.17) is 5.11 Å². The monoisotopic (exact) mass is 318 g/mol. The Morgan fingerprint density at radius 3 is 2.73 bits per heavy atom. The summed E-state index contributed by atoms with van der Waals surface area (Å²) in [6.07, 6.45) is 1.34. The van der Waals surface area contributed by atoms with Gasteiger partial charge in [0, 0.05) is 24.8 Å². The zero-order valence-electron chi connectivity index (χ0n) is 11.1. The summed E-state index contributed by atoms with van der Waals surface area (Å²) in [6.45, 7) is 0. The second-order valence-corrected chi connectivity index (χ2v) is 5.29. The Hall–Kier alpha value is -2.74. The van der Waals surface area contributed by atoms with Crippen molar-refractivity contribution >= 4 is 28.5 Å². The van der Waals surface area contributed by atoms with Crippen LogP contribution >= 0.6 is 11.8 Å². The topological polar surface area (TPSA) is 110 Å². The lowest BCUT2D eigenvalue weighted by Gasteiger charge is -2.04. The summed E-state index contributed by atoms with van der Waals surface area (Å²) in [4.78, 5) is 37.1. The van der Waals surface area contributed by atoms with Crippen molar-refractivity contribution in [3.05, 3.63) is 63.8 Å². The van der Waals surface area contributed by atoms with Crippen LogP contribution in [-0.2, 0) is 11.2 Å². The number of non-ortho nitro benzene ring substituents is 1. The number of nitro groups is 1. The van der Waals surface area contributed by atoms with E-state index >= 15 is 0 Å². The number of nitrogens with zero attached hydrogens (tertiary/aromatic N) is 2. The number of pyridine rings is 1. The average Bonchev–Trinajstić information content (AvgIpc) is 2.47. The third-order valence-corrected chi connectivity index (χ3v) is 3.57. The van der Waals surface area contributed by atoms with E-state index < -0.39 is 10.9 Å². The van der Waals surface area contributed by atoms with Gasteiger partial charge in [0.1, 0.15) is 5.03 Å². The molecule has 0 aliphatic rings. The molecule has 7 nitrogen and oxygen atoms in total. The van der Waals surface area contributed by atoms with Crippen molar-refractivity contribution in [3.8, 4) is 0 Å². The quantitative estimate of drug-likeness (QED) is 0.512.